The van der Waals surface area contributed by atoms with Crippen LogP contribution in [0.2, 0.25) is 10.0 Å². The number of carbonyl (C=O) groups is 2. The molecule has 1 saturated heterocycles. The summed E-state index contributed by atoms with van der Waals surface area (Å²) in [6.45, 7) is 4.55. The van der Waals surface area contributed by atoms with E-state index in [1.165, 1.54) is 22.7 Å². The van der Waals surface area contributed by atoms with Gasteiger partial charge in [-0.15, -0.1) is 0 Å². The molecule has 0 spiro atoms. The largest absolute Gasteiger partial charge is 0.487 e. The number of fused-ring (bicyclic) bond motifs is 1. The summed E-state index contributed by atoms with van der Waals surface area (Å²) in [7, 11) is -4.18. The van der Waals surface area contributed by atoms with E-state index < -0.39 is 22.0 Å². The SMILES string of the molecule is Cc1cc(C)c2cccc(OCc3c(Cl)ccc(S(=O)(=O)N4CCC[C@H]4C(=O)NCCCC(=O)NCc4ccc(C=NN)cc4)c3Cl)c2n1. The van der Waals surface area contributed by atoms with Gasteiger partial charge < -0.3 is 21.2 Å². The van der Waals surface area contributed by atoms with E-state index in [9.17, 15) is 18.0 Å². The van der Waals surface area contributed by atoms with Gasteiger partial charge in [0, 0.05) is 47.7 Å². The Morgan fingerprint density at radius 2 is 1.88 bits per heavy atom. The van der Waals surface area contributed by atoms with Crippen molar-refractivity contribution in [3.05, 3.63) is 98.7 Å². The molecule has 0 unspecified atom stereocenters. The van der Waals surface area contributed by atoms with Gasteiger partial charge in [0.25, 0.3) is 0 Å². The summed E-state index contributed by atoms with van der Waals surface area (Å²) in [5.41, 5.74) is 4.67. The fourth-order valence-corrected chi connectivity index (χ4v) is 8.34. The zero-order chi connectivity index (χ0) is 35.1. The number of aryl methyl sites for hydroxylation is 2. The summed E-state index contributed by atoms with van der Waals surface area (Å²) in [6, 6.07) is 16.9. The number of nitrogens with one attached hydrogen (secondary N) is 2. The minimum absolute atomic E-state index is 0.0644. The molecular weight excluding hydrogens is 687 g/mol. The van der Waals surface area contributed by atoms with Crippen LogP contribution >= 0.6 is 23.2 Å². The average Bonchev–Trinajstić information content (AvgIpc) is 3.58. The maximum absolute atomic E-state index is 13.9. The molecule has 1 atom stereocenters. The van der Waals surface area contributed by atoms with Crippen molar-refractivity contribution in [3.63, 3.8) is 0 Å². The number of nitrogens with two attached hydrogens (primary N) is 1. The molecule has 1 aliphatic rings. The van der Waals surface area contributed by atoms with E-state index in [4.69, 9.17) is 33.8 Å². The molecule has 11 nitrogen and oxygen atoms in total. The molecule has 1 aromatic heterocycles. The number of pyridine rings is 1. The first kappa shape index (κ1) is 36.1. The summed E-state index contributed by atoms with van der Waals surface area (Å²) in [4.78, 5) is 30.0. The van der Waals surface area contributed by atoms with Crippen molar-refractivity contribution in [2.45, 2.75) is 63.6 Å². The number of nitrogens with zero attached hydrogens (tertiary/aromatic N) is 3. The first-order chi connectivity index (χ1) is 23.5. The summed E-state index contributed by atoms with van der Waals surface area (Å²) >= 11 is 13.2. The van der Waals surface area contributed by atoms with Crippen LogP contribution in [0.25, 0.3) is 10.9 Å². The Bertz CT molecular complexity index is 1990. The Labute approximate surface area is 295 Å². The van der Waals surface area contributed by atoms with Crippen molar-refractivity contribution < 1.29 is 22.7 Å². The molecule has 49 heavy (non-hydrogen) atoms. The van der Waals surface area contributed by atoms with Crippen molar-refractivity contribution in [1.82, 2.24) is 19.9 Å². The third-order valence-electron chi connectivity index (χ3n) is 8.33. The second-order valence-corrected chi connectivity index (χ2v) is 14.5. The van der Waals surface area contributed by atoms with Crippen LogP contribution in [0.1, 0.15) is 53.6 Å². The molecule has 5 rings (SSSR count). The molecule has 14 heteroatoms. The zero-order valence-corrected chi connectivity index (χ0v) is 29.5. The van der Waals surface area contributed by atoms with Gasteiger partial charge in [0.05, 0.1) is 11.2 Å². The smallest absolute Gasteiger partial charge is 0.245 e. The minimum Gasteiger partial charge on any atom is -0.487 e. The lowest BCUT2D eigenvalue weighted by molar-refractivity contribution is -0.125. The van der Waals surface area contributed by atoms with Crippen LogP contribution in [-0.2, 0) is 32.8 Å². The molecule has 0 bridgehead atoms. The molecule has 0 saturated carbocycles. The number of aromatic nitrogens is 1. The average molecular weight is 726 g/mol. The molecule has 258 valence electrons. The van der Waals surface area contributed by atoms with E-state index in [-0.39, 0.29) is 47.0 Å². The number of ether oxygens (including phenoxy) is 1. The maximum atomic E-state index is 13.9. The fraction of sp³-hybridized carbons (Fsp3) is 0.314. The molecule has 0 radical (unpaired) electrons. The van der Waals surface area contributed by atoms with E-state index >= 15 is 0 Å². The monoisotopic (exact) mass is 724 g/mol. The number of rotatable bonds is 13. The molecule has 1 aliphatic heterocycles. The number of sulfonamides is 1. The zero-order valence-electron chi connectivity index (χ0n) is 27.2. The molecule has 3 aromatic carbocycles. The number of halogens is 2. The number of carbonyl (C=O) groups excluding carboxylic acids is 2. The standard InChI is InChI=1S/C35H38Cl2N6O5S/c1-22-18-23(2)42-34-26(22)6-3-8-30(34)48-21-27-28(36)14-15-31(33(27)37)49(46,47)43-17-5-7-29(43)35(45)39-16-4-9-32(44)40-19-24-10-12-25(13-11-24)20-41-38/h3,6,8,10-15,18,20,29H,4-5,7,9,16-17,19,21,38H2,1-2H3,(H,39,45)(H,40,44)/t29-/m0/s1. The topological polar surface area (TPSA) is 156 Å². The quantitative estimate of drug-likeness (QED) is 0.0722. The number of para-hydroxylation sites is 1. The molecular formula is C35H38Cl2N6O5S. The van der Waals surface area contributed by atoms with E-state index in [2.05, 4.69) is 20.7 Å². The molecule has 0 aliphatic carbocycles. The fourth-order valence-electron chi connectivity index (χ4n) is 5.82. The van der Waals surface area contributed by atoms with Gasteiger partial charge in [-0.1, -0.05) is 59.6 Å². The highest BCUT2D eigenvalue weighted by Crippen LogP contribution is 2.36. The molecule has 4 aromatic rings. The van der Waals surface area contributed by atoms with E-state index in [0.717, 1.165) is 27.8 Å². The van der Waals surface area contributed by atoms with Crippen LogP contribution in [0.5, 0.6) is 5.75 Å². The predicted molar refractivity (Wildman–Crippen MR) is 191 cm³/mol. The summed E-state index contributed by atoms with van der Waals surface area (Å²) < 4.78 is 35.1. The first-order valence-electron chi connectivity index (χ1n) is 15.8. The second-order valence-electron chi connectivity index (χ2n) is 11.8. The third kappa shape index (κ3) is 8.50. The van der Waals surface area contributed by atoms with Gasteiger partial charge >= 0.3 is 0 Å². The molecule has 1 fully saturated rings. The van der Waals surface area contributed by atoms with Crippen LogP contribution in [0, 0.1) is 13.8 Å². The van der Waals surface area contributed by atoms with Gasteiger partial charge in [-0.25, -0.2) is 13.4 Å². The Kier molecular flexibility index (Phi) is 11.8. The lowest BCUT2D eigenvalue weighted by Crippen LogP contribution is -2.46. The minimum atomic E-state index is -4.18. The predicted octanol–water partition coefficient (Wildman–Crippen LogP) is 5.40. The number of hydrogen-bond acceptors (Lipinski definition) is 8. The van der Waals surface area contributed by atoms with Crippen molar-refractivity contribution in [3.8, 4) is 5.75 Å². The summed E-state index contributed by atoms with van der Waals surface area (Å²) in [6.07, 6.45) is 2.98. The number of hydrazone groups is 1. The van der Waals surface area contributed by atoms with Crippen LogP contribution in [-0.4, -0.2) is 54.9 Å². The number of benzene rings is 3. The third-order valence-corrected chi connectivity index (χ3v) is 11.2. The van der Waals surface area contributed by atoms with Crippen LogP contribution in [0.15, 0.2) is 70.7 Å². The van der Waals surface area contributed by atoms with E-state index in [0.29, 0.717) is 42.6 Å². The molecule has 2 heterocycles. The Morgan fingerprint density at radius 3 is 2.63 bits per heavy atom. The van der Waals surface area contributed by atoms with Gasteiger partial charge in [-0.05, 0) is 74.1 Å². The Hall–Kier alpha value is -4.23. The van der Waals surface area contributed by atoms with E-state index in [1.54, 1.807) is 6.07 Å². The van der Waals surface area contributed by atoms with Crippen molar-refractivity contribution in [2.24, 2.45) is 10.9 Å². The molecule has 2 amide bonds. The Balaban J connectivity index is 1.18. The van der Waals surface area contributed by atoms with Crippen molar-refractivity contribution >= 4 is 62.2 Å². The van der Waals surface area contributed by atoms with Crippen molar-refractivity contribution in [2.75, 3.05) is 13.1 Å². The van der Waals surface area contributed by atoms with Gasteiger partial charge in [0.15, 0.2) is 0 Å². The Morgan fingerprint density at radius 1 is 1.10 bits per heavy atom. The first-order valence-corrected chi connectivity index (χ1v) is 18.0. The van der Waals surface area contributed by atoms with Gasteiger partial charge in [-0.2, -0.15) is 9.41 Å². The highest BCUT2D eigenvalue weighted by molar-refractivity contribution is 7.89. The number of hydrogen-bond donors (Lipinski definition) is 3. The van der Waals surface area contributed by atoms with Gasteiger partial charge in [0.1, 0.15) is 28.8 Å². The van der Waals surface area contributed by atoms with Crippen LogP contribution < -0.4 is 21.2 Å². The summed E-state index contributed by atoms with van der Waals surface area (Å²) in [5, 5.41) is 10.3. The highest BCUT2D eigenvalue weighted by atomic mass is 35.5. The maximum Gasteiger partial charge on any atom is 0.245 e. The number of amides is 2. The van der Waals surface area contributed by atoms with Crippen LogP contribution in [0.3, 0.4) is 0 Å². The van der Waals surface area contributed by atoms with Crippen LogP contribution in [0.4, 0.5) is 0 Å². The highest BCUT2D eigenvalue weighted by Gasteiger charge is 2.40. The van der Waals surface area contributed by atoms with Crippen molar-refractivity contribution in [1.29, 1.82) is 0 Å². The van der Waals surface area contributed by atoms with Gasteiger partial charge in [-0.3, -0.25) is 9.59 Å². The second kappa shape index (κ2) is 16.0. The molecule has 4 N–H and O–H groups in total. The lowest BCUT2D eigenvalue weighted by atomic mass is 10.1. The van der Waals surface area contributed by atoms with Gasteiger partial charge in [0.2, 0.25) is 21.8 Å². The van der Waals surface area contributed by atoms with E-state index in [1.807, 2.05) is 56.3 Å². The normalized spacial score (nSPS) is 15.1. The lowest BCUT2D eigenvalue weighted by Gasteiger charge is -2.24. The summed E-state index contributed by atoms with van der Waals surface area (Å²) in [5.74, 6) is 5.09.